The molecule has 0 atom stereocenters. The van der Waals surface area contributed by atoms with Crippen molar-refractivity contribution >= 4 is 21.7 Å². The van der Waals surface area contributed by atoms with Gasteiger partial charge < -0.3 is 10.1 Å². The molecule has 114 valence electrons. The number of carbonyl (C=O) groups excluding carboxylic acids is 2. The van der Waals surface area contributed by atoms with E-state index in [-0.39, 0.29) is 22.8 Å². The lowest BCUT2D eigenvalue weighted by molar-refractivity contribution is -0.137. The highest BCUT2D eigenvalue weighted by molar-refractivity contribution is 7.90. The SMILES string of the molecule is CCOC(=O)/C=C(\C)NC(=O)c1ccccc1S(C)(=O)=O. The zero-order valence-electron chi connectivity index (χ0n) is 12.0. The molecule has 21 heavy (non-hydrogen) atoms. The first-order chi connectivity index (χ1) is 9.75. The number of rotatable bonds is 5. The van der Waals surface area contributed by atoms with Crippen molar-refractivity contribution in [2.45, 2.75) is 18.7 Å². The first-order valence-corrected chi connectivity index (χ1v) is 8.10. The molecule has 0 radical (unpaired) electrons. The van der Waals surface area contributed by atoms with Crippen LogP contribution in [0.3, 0.4) is 0 Å². The van der Waals surface area contributed by atoms with Crippen molar-refractivity contribution < 1.29 is 22.7 Å². The van der Waals surface area contributed by atoms with Gasteiger partial charge in [-0.3, -0.25) is 4.79 Å². The van der Waals surface area contributed by atoms with Gasteiger partial charge in [0.2, 0.25) is 0 Å². The number of benzene rings is 1. The highest BCUT2D eigenvalue weighted by Crippen LogP contribution is 2.15. The molecule has 0 saturated carbocycles. The molecule has 7 heteroatoms. The molecule has 0 aliphatic rings. The summed E-state index contributed by atoms with van der Waals surface area (Å²) >= 11 is 0. The predicted molar refractivity (Wildman–Crippen MR) is 77.4 cm³/mol. The van der Waals surface area contributed by atoms with E-state index in [4.69, 9.17) is 4.74 Å². The number of hydrogen-bond acceptors (Lipinski definition) is 5. The summed E-state index contributed by atoms with van der Waals surface area (Å²) in [6, 6.07) is 5.86. The Morgan fingerprint density at radius 1 is 1.29 bits per heavy atom. The van der Waals surface area contributed by atoms with Crippen LogP contribution >= 0.6 is 0 Å². The van der Waals surface area contributed by atoms with Crippen LogP contribution in [-0.2, 0) is 19.4 Å². The standard InChI is InChI=1S/C14H17NO5S/c1-4-20-13(16)9-10(2)15-14(17)11-7-5-6-8-12(11)21(3,18)19/h5-9H,4H2,1-3H3,(H,15,17)/b10-9+. The first-order valence-electron chi connectivity index (χ1n) is 6.21. The average molecular weight is 311 g/mol. The fourth-order valence-corrected chi connectivity index (χ4v) is 2.51. The summed E-state index contributed by atoms with van der Waals surface area (Å²) in [4.78, 5) is 23.3. The topological polar surface area (TPSA) is 89.5 Å². The zero-order chi connectivity index (χ0) is 16.0. The smallest absolute Gasteiger partial charge is 0.332 e. The second-order valence-electron chi connectivity index (χ2n) is 4.30. The van der Waals surface area contributed by atoms with E-state index in [1.54, 1.807) is 13.0 Å². The van der Waals surface area contributed by atoms with E-state index in [0.717, 1.165) is 12.3 Å². The van der Waals surface area contributed by atoms with Gasteiger partial charge in [-0.2, -0.15) is 0 Å². The van der Waals surface area contributed by atoms with E-state index in [9.17, 15) is 18.0 Å². The zero-order valence-corrected chi connectivity index (χ0v) is 12.9. The van der Waals surface area contributed by atoms with Crippen molar-refractivity contribution in [3.8, 4) is 0 Å². The van der Waals surface area contributed by atoms with Gasteiger partial charge in [0.05, 0.1) is 17.1 Å². The molecule has 0 aliphatic heterocycles. The molecule has 0 aromatic heterocycles. The molecule has 1 rings (SSSR count). The van der Waals surface area contributed by atoms with E-state index < -0.39 is 21.7 Å². The van der Waals surface area contributed by atoms with Gasteiger partial charge in [0.15, 0.2) is 9.84 Å². The Hall–Kier alpha value is -2.15. The molecule has 1 aromatic rings. The Bertz CT molecular complexity index is 676. The molecule has 0 aliphatic carbocycles. The fourth-order valence-electron chi connectivity index (χ4n) is 1.62. The summed E-state index contributed by atoms with van der Waals surface area (Å²) in [6.45, 7) is 3.41. The summed E-state index contributed by atoms with van der Waals surface area (Å²) in [7, 11) is -3.52. The minimum absolute atomic E-state index is 0.0246. The number of nitrogens with one attached hydrogen (secondary N) is 1. The summed E-state index contributed by atoms with van der Waals surface area (Å²) in [6.07, 6.45) is 2.16. The number of sulfone groups is 1. The van der Waals surface area contributed by atoms with Gasteiger partial charge >= 0.3 is 5.97 Å². The van der Waals surface area contributed by atoms with Gasteiger partial charge in [-0.15, -0.1) is 0 Å². The second kappa shape index (κ2) is 7.03. The minimum atomic E-state index is -3.52. The molecular weight excluding hydrogens is 294 g/mol. The van der Waals surface area contributed by atoms with Crippen LogP contribution in [0.2, 0.25) is 0 Å². The van der Waals surface area contributed by atoms with E-state index in [0.29, 0.717) is 0 Å². The molecule has 0 spiro atoms. The summed E-state index contributed by atoms with van der Waals surface area (Å²) < 4.78 is 28.0. The molecule has 1 aromatic carbocycles. The van der Waals surface area contributed by atoms with Crippen molar-refractivity contribution in [2.24, 2.45) is 0 Å². The third kappa shape index (κ3) is 5.03. The van der Waals surface area contributed by atoms with E-state index in [1.807, 2.05) is 0 Å². The maximum absolute atomic E-state index is 12.1. The van der Waals surface area contributed by atoms with Crippen molar-refractivity contribution in [3.05, 3.63) is 41.6 Å². The predicted octanol–water partition coefficient (Wildman–Crippen LogP) is 1.29. The summed E-state index contributed by atoms with van der Waals surface area (Å²) in [5.41, 5.74) is 0.290. The molecule has 1 N–H and O–H groups in total. The molecule has 6 nitrogen and oxygen atoms in total. The van der Waals surface area contributed by atoms with Gasteiger partial charge in [-0.05, 0) is 26.0 Å². The molecule has 0 bridgehead atoms. The van der Waals surface area contributed by atoms with Crippen molar-refractivity contribution in [1.29, 1.82) is 0 Å². The van der Waals surface area contributed by atoms with Gasteiger partial charge in [0.1, 0.15) is 0 Å². The Balaban J connectivity index is 2.99. The largest absolute Gasteiger partial charge is 0.463 e. The Morgan fingerprint density at radius 3 is 2.48 bits per heavy atom. The third-order valence-electron chi connectivity index (χ3n) is 2.46. The Labute approximate surface area is 123 Å². The molecule has 0 unspecified atom stereocenters. The van der Waals surface area contributed by atoms with Crippen LogP contribution in [0.4, 0.5) is 0 Å². The lowest BCUT2D eigenvalue weighted by Crippen LogP contribution is -2.24. The molecule has 1 amide bonds. The number of ether oxygens (including phenoxy) is 1. The number of hydrogen-bond donors (Lipinski definition) is 1. The van der Waals surface area contributed by atoms with Crippen LogP contribution in [0, 0.1) is 0 Å². The van der Waals surface area contributed by atoms with Crippen LogP contribution < -0.4 is 5.32 Å². The Morgan fingerprint density at radius 2 is 1.90 bits per heavy atom. The molecule has 0 saturated heterocycles. The molecule has 0 fully saturated rings. The van der Waals surface area contributed by atoms with Crippen LogP contribution in [0.5, 0.6) is 0 Å². The lowest BCUT2D eigenvalue weighted by atomic mass is 10.2. The maximum Gasteiger partial charge on any atom is 0.332 e. The summed E-state index contributed by atoms with van der Waals surface area (Å²) in [5, 5.41) is 2.45. The van der Waals surface area contributed by atoms with Crippen LogP contribution in [0.15, 0.2) is 40.9 Å². The van der Waals surface area contributed by atoms with Crippen molar-refractivity contribution in [3.63, 3.8) is 0 Å². The van der Waals surface area contributed by atoms with Crippen LogP contribution in [-0.4, -0.2) is 33.2 Å². The molecular formula is C14H17NO5S. The van der Waals surface area contributed by atoms with Gasteiger partial charge in [-0.25, -0.2) is 13.2 Å². The van der Waals surface area contributed by atoms with Gasteiger partial charge in [0.25, 0.3) is 5.91 Å². The summed E-state index contributed by atoms with van der Waals surface area (Å²) in [5.74, 6) is -1.18. The van der Waals surface area contributed by atoms with Crippen molar-refractivity contribution in [2.75, 3.05) is 12.9 Å². The van der Waals surface area contributed by atoms with E-state index >= 15 is 0 Å². The molecule has 0 heterocycles. The minimum Gasteiger partial charge on any atom is -0.463 e. The van der Waals surface area contributed by atoms with E-state index in [1.165, 1.54) is 25.1 Å². The number of esters is 1. The quantitative estimate of drug-likeness (QED) is 0.653. The maximum atomic E-state index is 12.1. The Kier molecular flexibility index (Phi) is 5.66. The highest BCUT2D eigenvalue weighted by atomic mass is 32.2. The average Bonchev–Trinajstić information content (AvgIpc) is 2.37. The second-order valence-corrected chi connectivity index (χ2v) is 6.29. The van der Waals surface area contributed by atoms with Gasteiger partial charge in [-0.1, -0.05) is 12.1 Å². The van der Waals surface area contributed by atoms with Crippen LogP contribution in [0.25, 0.3) is 0 Å². The first kappa shape index (κ1) is 16.9. The lowest BCUT2D eigenvalue weighted by Gasteiger charge is -2.09. The number of amides is 1. The fraction of sp³-hybridized carbons (Fsp3) is 0.286. The highest BCUT2D eigenvalue weighted by Gasteiger charge is 2.18. The van der Waals surface area contributed by atoms with E-state index in [2.05, 4.69) is 5.32 Å². The van der Waals surface area contributed by atoms with Gasteiger partial charge in [0, 0.05) is 18.0 Å². The van der Waals surface area contributed by atoms with Crippen LogP contribution in [0.1, 0.15) is 24.2 Å². The number of allylic oxidation sites excluding steroid dienone is 1. The van der Waals surface area contributed by atoms with Crippen molar-refractivity contribution in [1.82, 2.24) is 5.32 Å². The number of carbonyl (C=O) groups is 2. The normalized spacial score (nSPS) is 11.9. The third-order valence-corrected chi connectivity index (χ3v) is 3.62. The monoisotopic (exact) mass is 311 g/mol.